The molecule has 3 heterocycles. The predicted molar refractivity (Wildman–Crippen MR) is 131 cm³/mol. The topological polar surface area (TPSA) is 121 Å². The Hall–Kier alpha value is -2.95. The smallest absolute Gasteiger partial charge is 0.255 e. The summed E-state index contributed by atoms with van der Waals surface area (Å²) in [6.45, 7) is 3.44. The third kappa shape index (κ3) is 5.05. The van der Waals surface area contributed by atoms with E-state index in [0.29, 0.717) is 64.8 Å². The second-order valence-electron chi connectivity index (χ2n) is 8.95. The highest BCUT2D eigenvalue weighted by molar-refractivity contribution is 6.09. The number of rotatable bonds is 7. The number of aliphatic hydroxyl groups is 1. The maximum Gasteiger partial charge on any atom is 0.255 e. The fourth-order valence-electron chi connectivity index (χ4n) is 4.34. The molecular formula is C24H29ClFN5O4. The summed E-state index contributed by atoms with van der Waals surface area (Å²) in [5, 5.41) is 16.3. The number of nitrogens with one attached hydrogen (secondary N) is 3. The zero-order chi connectivity index (χ0) is 23.8. The van der Waals surface area contributed by atoms with Crippen LogP contribution in [0.1, 0.15) is 35.3 Å². The van der Waals surface area contributed by atoms with Crippen molar-refractivity contribution < 1.29 is 23.8 Å². The number of hydrogen-bond acceptors (Lipinski definition) is 7. The number of fused-ring (bicyclic) bond motifs is 1. The molecule has 1 saturated heterocycles. The third-order valence-corrected chi connectivity index (χ3v) is 6.45. The van der Waals surface area contributed by atoms with Crippen LogP contribution in [0.25, 0.3) is 22.3 Å². The van der Waals surface area contributed by atoms with Crippen molar-refractivity contribution in [1.82, 2.24) is 25.6 Å². The third-order valence-electron chi connectivity index (χ3n) is 6.45. The van der Waals surface area contributed by atoms with Crippen molar-refractivity contribution in [2.24, 2.45) is 5.92 Å². The molecule has 4 N–H and O–H groups in total. The molecule has 0 spiro atoms. The summed E-state index contributed by atoms with van der Waals surface area (Å²) in [6.07, 6.45) is 3.55. The van der Waals surface area contributed by atoms with Crippen molar-refractivity contribution in [3.05, 3.63) is 35.5 Å². The Balaban J connectivity index is 0.00000289. The number of piperidine rings is 1. The number of methoxy groups -OCH3 is 1. The van der Waals surface area contributed by atoms with Crippen LogP contribution in [0.15, 0.2) is 18.5 Å². The van der Waals surface area contributed by atoms with E-state index in [1.165, 1.54) is 19.5 Å². The van der Waals surface area contributed by atoms with Gasteiger partial charge in [-0.05, 0) is 44.7 Å². The molecule has 1 aliphatic carbocycles. The Morgan fingerprint density at radius 1 is 1.26 bits per heavy atom. The lowest BCUT2D eigenvalue weighted by molar-refractivity contribution is 0.0766. The average molecular weight is 506 g/mol. The molecule has 1 aromatic carbocycles. The number of nitrogens with zero attached hydrogens (tertiary/aromatic N) is 2. The number of aromatic amines is 1. The van der Waals surface area contributed by atoms with E-state index in [9.17, 15) is 14.3 Å². The number of β-amino-alcohol motifs (C(OH)–C–C–N with tert-alkyl or cyclic N) is 1. The summed E-state index contributed by atoms with van der Waals surface area (Å²) in [5.41, 5.74) is 3.03. The van der Waals surface area contributed by atoms with Gasteiger partial charge in [-0.25, -0.2) is 14.4 Å². The van der Waals surface area contributed by atoms with Gasteiger partial charge >= 0.3 is 0 Å². The van der Waals surface area contributed by atoms with Crippen molar-refractivity contribution in [3.63, 3.8) is 0 Å². The van der Waals surface area contributed by atoms with Gasteiger partial charge < -0.3 is 30.2 Å². The van der Waals surface area contributed by atoms with Gasteiger partial charge in [0.25, 0.3) is 5.91 Å². The Kier molecular flexibility index (Phi) is 7.44. The number of amides is 1. The number of ether oxygens (including phenoxy) is 2. The lowest BCUT2D eigenvalue weighted by atomic mass is 10.0. The number of H-pyrrole nitrogens is 1. The molecule has 2 aromatic heterocycles. The van der Waals surface area contributed by atoms with Crippen LogP contribution in [0.3, 0.4) is 0 Å². The van der Waals surface area contributed by atoms with E-state index in [2.05, 4.69) is 25.6 Å². The highest BCUT2D eigenvalue weighted by Crippen LogP contribution is 2.39. The fourth-order valence-corrected chi connectivity index (χ4v) is 4.34. The van der Waals surface area contributed by atoms with E-state index >= 15 is 0 Å². The minimum absolute atomic E-state index is 0. The zero-order valence-electron chi connectivity index (χ0n) is 19.6. The number of benzene rings is 1. The zero-order valence-corrected chi connectivity index (χ0v) is 20.4. The van der Waals surface area contributed by atoms with Gasteiger partial charge in [0.2, 0.25) is 0 Å². The summed E-state index contributed by atoms with van der Waals surface area (Å²) in [6, 6.07) is 2.52. The number of hydrogen-bond donors (Lipinski definition) is 4. The Labute approximate surface area is 208 Å². The van der Waals surface area contributed by atoms with E-state index in [4.69, 9.17) is 9.47 Å². The molecule has 9 nitrogen and oxygen atoms in total. The fraction of sp³-hybridized carbons (Fsp3) is 0.458. The van der Waals surface area contributed by atoms with Gasteiger partial charge in [0.1, 0.15) is 23.3 Å². The van der Waals surface area contributed by atoms with E-state index in [1.807, 2.05) is 0 Å². The molecule has 5 rings (SSSR count). The predicted octanol–water partition coefficient (Wildman–Crippen LogP) is 2.74. The molecule has 3 aromatic rings. The first kappa shape index (κ1) is 25.2. The molecular weight excluding hydrogens is 477 g/mol. The van der Waals surface area contributed by atoms with Gasteiger partial charge in [0.05, 0.1) is 36.9 Å². The molecule has 1 saturated carbocycles. The number of halogens is 2. The van der Waals surface area contributed by atoms with Gasteiger partial charge in [-0.2, -0.15) is 0 Å². The van der Waals surface area contributed by atoms with Gasteiger partial charge in [-0.1, -0.05) is 0 Å². The molecule has 35 heavy (non-hydrogen) atoms. The van der Waals surface area contributed by atoms with Gasteiger partial charge in [0.15, 0.2) is 11.6 Å². The second-order valence-corrected chi connectivity index (χ2v) is 8.95. The van der Waals surface area contributed by atoms with Crippen molar-refractivity contribution >= 4 is 29.3 Å². The van der Waals surface area contributed by atoms with Crippen LogP contribution in [0.5, 0.6) is 11.5 Å². The first-order chi connectivity index (χ1) is 16.5. The van der Waals surface area contributed by atoms with Crippen LogP contribution in [-0.2, 0) is 0 Å². The van der Waals surface area contributed by atoms with Gasteiger partial charge in [0, 0.05) is 23.9 Å². The van der Waals surface area contributed by atoms with Gasteiger partial charge in [-0.15, -0.1) is 12.4 Å². The molecule has 2 aliphatic rings. The molecule has 11 heteroatoms. The largest absolute Gasteiger partial charge is 0.494 e. The molecule has 2 atom stereocenters. The summed E-state index contributed by atoms with van der Waals surface area (Å²) in [5.74, 6) is 0.0756. The molecule has 2 fully saturated rings. The van der Waals surface area contributed by atoms with E-state index in [1.54, 1.807) is 13.0 Å². The van der Waals surface area contributed by atoms with Crippen LogP contribution in [-0.4, -0.2) is 64.9 Å². The SMILES string of the molecule is COc1cc(-c2ncnc3c(C(=O)N[C@@H]4CCNC[C@H]4O)c(C)[nH]c23)c(OCC2CC2)cc1F.Cl. The van der Waals surface area contributed by atoms with Crippen LogP contribution < -0.4 is 20.1 Å². The molecule has 1 aliphatic heterocycles. The number of aryl methyl sites for hydroxylation is 1. The maximum atomic E-state index is 14.5. The van der Waals surface area contributed by atoms with Crippen LogP contribution >= 0.6 is 12.4 Å². The van der Waals surface area contributed by atoms with Gasteiger partial charge in [-0.3, -0.25) is 4.79 Å². The quantitative estimate of drug-likeness (QED) is 0.389. The lowest BCUT2D eigenvalue weighted by Gasteiger charge is -2.29. The van der Waals surface area contributed by atoms with Crippen molar-refractivity contribution in [2.75, 3.05) is 26.8 Å². The maximum absolute atomic E-state index is 14.5. The summed E-state index contributed by atoms with van der Waals surface area (Å²) in [7, 11) is 1.40. The van der Waals surface area contributed by atoms with E-state index < -0.39 is 11.9 Å². The first-order valence-electron chi connectivity index (χ1n) is 11.5. The second kappa shape index (κ2) is 10.3. The number of aromatic nitrogens is 3. The first-order valence-corrected chi connectivity index (χ1v) is 11.5. The van der Waals surface area contributed by atoms with E-state index in [0.717, 1.165) is 19.4 Å². The van der Waals surface area contributed by atoms with Crippen molar-refractivity contribution in [2.45, 2.75) is 38.3 Å². The molecule has 188 valence electrons. The minimum Gasteiger partial charge on any atom is -0.494 e. The lowest BCUT2D eigenvalue weighted by Crippen LogP contribution is -2.52. The Bertz CT molecular complexity index is 1230. The normalized spacial score (nSPS) is 19.8. The Morgan fingerprint density at radius 2 is 2.06 bits per heavy atom. The number of carbonyl (C=O) groups excluding carboxylic acids is 1. The molecule has 0 unspecified atom stereocenters. The van der Waals surface area contributed by atoms with Crippen LogP contribution in [0, 0.1) is 18.7 Å². The molecule has 0 radical (unpaired) electrons. The summed E-state index contributed by atoms with van der Waals surface area (Å²) in [4.78, 5) is 25.2. The monoisotopic (exact) mass is 505 g/mol. The van der Waals surface area contributed by atoms with E-state index in [-0.39, 0.29) is 30.1 Å². The highest BCUT2D eigenvalue weighted by Gasteiger charge is 2.29. The van der Waals surface area contributed by atoms with Crippen LogP contribution in [0.4, 0.5) is 4.39 Å². The molecule has 0 bridgehead atoms. The number of carbonyl (C=O) groups is 1. The van der Waals surface area contributed by atoms with Crippen molar-refractivity contribution in [3.8, 4) is 22.8 Å². The molecule has 1 amide bonds. The number of aliphatic hydroxyl groups excluding tert-OH is 1. The summed E-state index contributed by atoms with van der Waals surface area (Å²) >= 11 is 0. The Morgan fingerprint density at radius 3 is 2.77 bits per heavy atom. The average Bonchev–Trinajstić information content (AvgIpc) is 3.59. The standard InChI is InChI=1S/C24H28FN5O4.ClH/c1-12-20(24(32)30-16-5-6-26-9-17(16)31)22-23(29-12)21(27-11-28-22)14-7-19(33-2)15(25)8-18(14)34-10-13-3-4-13;/h7-8,11,13,16-17,26,29,31H,3-6,9-10H2,1-2H3,(H,30,32);1H/t16-,17-;/m1./s1. The van der Waals surface area contributed by atoms with Crippen molar-refractivity contribution in [1.29, 1.82) is 0 Å². The van der Waals surface area contributed by atoms with Crippen LogP contribution in [0.2, 0.25) is 0 Å². The minimum atomic E-state index is -0.661. The summed E-state index contributed by atoms with van der Waals surface area (Å²) < 4.78 is 25.7. The highest BCUT2D eigenvalue weighted by atomic mass is 35.5.